The molecule has 1 aromatic carbocycles. The zero-order valence-corrected chi connectivity index (χ0v) is 8.15. The maximum absolute atomic E-state index is 13.0. The molecule has 0 fully saturated rings. The lowest BCUT2D eigenvalue weighted by Crippen LogP contribution is -2.08. The number of nitrogens with one attached hydrogen (secondary N) is 1. The molecule has 0 aliphatic rings. The molecule has 0 radical (unpaired) electrons. The predicted octanol–water partition coefficient (Wildman–Crippen LogP) is 2.38. The molecule has 0 amide bonds. The molecule has 2 N–H and O–H groups in total. The number of benzene rings is 1. The lowest BCUT2D eigenvalue weighted by molar-refractivity contribution is 0.160. The Kier molecular flexibility index (Phi) is 3.20. The third kappa shape index (κ3) is 2.03. The molecular formula is C8H9BrFNO. The molecule has 0 aromatic heterocycles. The van der Waals surface area contributed by atoms with Crippen molar-refractivity contribution in [2.24, 2.45) is 0 Å². The van der Waals surface area contributed by atoms with Crippen molar-refractivity contribution in [2.45, 2.75) is 13.5 Å². The molecule has 0 saturated carbocycles. The van der Waals surface area contributed by atoms with Crippen LogP contribution in [0.15, 0.2) is 16.6 Å². The molecular weight excluding hydrogens is 225 g/mol. The summed E-state index contributed by atoms with van der Waals surface area (Å²) in [6.07, 6.45) is 0. The van der Waals surface area contributed by atoms with Crippen molar-refractivity contribution in [3.63, 3.8) is 0 Å². The van der Waals surface area contributed by atoms with Crippen LogP contribution in [0.2, 0.25) is 0 Å². The van der Waals surface area contributed by atoms with Crippen LogP contribution in [0.4, 0.5) is 4.39 Å². The summed E-state index contributed by atoms with van der Waals surface area (Å²) in [6.45, 7) is 1.92. The van der Waals surface area contributed by atoms with Gasteiger partial charge in [-0.3, -0.25) is 0 Å². The highest BCUT2D eigenvalue weighted by atomic mass is 79.9. The molecule has 2 nitrogen and oxygen atoms in total. The van der Waals surface area contributed by atoms with E-state index in [1.165, 1.54) is 6.07 Å². The second-order valence-corrected chi connectivity index (χ2v) is 3.38. The highest BCUT2D eigenvalue weighted by Gasteiger charge is 2.04. The SMILES string of the molecule is Cc1cc(F)c(CNO)cc1Br. The minimum absolute atomic E-state index is 0.116. The molecule has 12 heavy (non-hydrogen) atoms. The van der Waals surface area contributed by atoms with E-state index in [4.69, 9.17) is 5.21 Å². The van der Waals surface area contributed by atoms with Crippen LogP contribution in [0.1, 0.15) is 11.1 Å². The van der Waals surface area contributed by atoms with Crippen LogP contribution >= 0.6 is 15.9 Å². The van der Waals surface area contributed by atoms with Crippen LogP contribution in [-0.4, -0.2) is 5.21 Å². The van der Waals surface area contributed by atoms with E-state index >= 15 is 0 Å². The van der Waals surface area contributed by atoms with E-state index < -0.39 is 0 Å². The van der Waals surface area contributed by atoms with Crippen LogP contribution in [0, 0.1) is 12.7 Å². The standard InChI is InChI=1S/C8H9BrFNO/c1-5-2-8(10)6(4-11-12)3-7(5)9/h2-3,11-12H,4H2,1H3. The molecule has 4 heteroatoms. The summed E-state index contributed by atoms with van der Waals surface area (Å²) >= 11 is 3.27. The highest BCUT2D eigenvalue weighted by Crippen LogP contribution is 2.20. The maximum atomic E-state index is 13.0. The summed E-state index contributed by atoms with van der Waals surface area (Å²) in [6, 6.07) is 3.07. The second kappa shape index (κ2) is 3.98. The van der Waals surface area contributed by atoms with Crippen molar-refractivity contribution in [3.05, 3.63) is 33.5 Å². The summed E-state index contributed by atoms with van der Waals surface area (Å²) < 4.78 is 13.9. The van der Waals surface area contributed by atoms with Gasteiger partial charge in [0.05, 0.1) is 0 Å². The molecule has 1 rings (SSSR count). The summed E-state index contributed by atoms with van der Waals surface area (Å²) in [4.78, 5) is 0. The van der Waals surface area contributed by atoms with Crippen LogP contribution in [-0.2, 0) is 6.54 Å². The average Bonchev–Trinajstić information content (AvgIpc) is 2.01. The van der Waals surface area contributed by atoms with Crippen LogP contribution in [0.25, 0.3) is 0 Å². The maximum Gasteiger partial charge on any atom is 0.128 e. The Morgan fingerprint density at radius 2 is 2.25 bits per heavy atom. The van der Waals surface area contributed by atoms with Crippen molar-refractivity contribution >= 4 is 15.9 Å². The van der Waals surface area contributed by atoms with Crippen LogP contribution in [0.3, 0.4) is 0 Å². The summed E-state index contributed by atoms with van der Waals surface area (Å²) in [5.41, 5.74) is 3.19. The van der Waals surface area contributed by atoms with Crippen molar-refractivity contribution in [1.29, 1.82) is 0 Å². The Labute approximate surface area is 78.5 Å². The van der Waals surface area contributed by atoms with Gasteiger partial charge in [-0.1, -0.05) is 15.9 Å². The smallest absolute Gasteiger partial charge is 0.128 e. The van der Waals surface area contributed by atoms with Gasteiger partial charge in [0.1, 0.15) is 5.82 Å². The zero-order chi connectivity index (χ0) is 9.14. The Morgan fingerprint density at radius 1 is 1.58 bits per heavy atom. The molecule has 0 unspecified atom stereocenters. The quantitative estimate of drug-likeness (QED) is 0.770. The summed E-state index contributed by atoms with van der Waals surface area (Å²) in [5, 5.41) is 8.37. The predicted molar refractivity (Wildman–Crippen MR) is 47.5 cm³/mol. The second-order valence-electron chi connectivity index (χ2n) is 2.53. The van der Waals surface area contributed by atoms with E-state index in [1.54, 1.807) is 6.07 Å². The van der Waals surface area contributed by atoms with E-state index in [0.29, 0.717) is 5.56 Å². The van der Waals surface area contributed by atoms with Gasteiger partial charge in [-0.2, -0.15) is 0 Å². The van der Waals surface area contributed by atoms with Crippen molar-refractivity contribution < 1.29 is 9.60 Å². The number of aryl methyl sites for hydroxylation is 1. The zero-order valence-electron chi connectivity index (χ0n) is 6.56. The minimum Gasteiger partial charge on any atom is -0.316 e. The largest absolute Gasteiger partial charge is 0.316 e. The molecule has 0 spiro atoms. The minimum atomic E-state index is -0.308. The summed E-state index contributed by atoms with van der Waals surface area (Å²) in [5.74, 6) is -0.308. The first-order valence-electron chi connectivity index (χ1n) is 3.46. The molecule has 0 atom stereocenters. The first-order chi connectivity index (χ1) is 5.65. The van der Waals surface area contributed by atoms with Crippen molar-refractivity contribution in [3.8, 4) is 0 Å². The topological polar surface area (TPSA) is 32.3 Å². The van der Waals surface area contributed by atoms with E-state index in [2.05, 4.69) is 15.9 Å². The fourth-order valence-corrected chi connectivity index (χ4v) is 1.30. The molecule has 1 aromatic rings. The van der Waals surface area contributed by atoms with E-state index in [0.717, 1.165) is 10.0 Å². The van der Waals surface area contributed by atoms with Gasteiger partial charge in [-0.15, -0.1) is 0 Å². The van der Waals surface area contributed by atoms with Gasteiger partial charge < -0.3 is 5.21 Å². The van der Waals surface area contributed by atoms with Crippen LogP contribution in [0.5, 0.6) is 0 Å². The first kappa shape index (κ1) is 9.64. The lowest BCUT2D eigenvalue weighted by atomic mass is 10.1. The molecule has 0 saturated heterocycles. The number of halogens is 2. The lowest BCUT2D eigenvalue weighted by Gasteiger charge is -2.04. The van der Waals surface area contributed by atoms with E-state index in [-0.39, 0.29) is 12.4 Å². The fourth-order valence-electron chi connectivity index (χ4n) is 0.908. The molecule has 0 bridgehead atoms. The van der Waals surface area contributed by atoms with Gasteiger partial charge >= 0.3 is 0 Å². The number of hydrogen-bond acceptors (Lipinski definition) is 2. The van der Waals surface area contributed by atoms with Gasteiger partial charge in [-0.25, -0.2) is 9.87 Å². The van der Waals surface area contributed by atoms with Crippen LogP contribution < -0.4 is 5.48 Å². The molecule has 0 heterocycles. The normalized spacial score (nSPS) is 10.3. The Morgan fingerprint density at radius 3 is 2.83 bits per heavy atom. The third-order valence-electron chi connectivity index (χ3n) is 1.60. The van der Waals surface area contributed by atoms with E-state index in [9.17, 15) is 4.39 Å². The van der Waals surface area contributed by atoms with Gasteiger partial charge in [0.2, 0.25) is 0 Å². The Balaban J connectivity index is 3.05. The van der Waals surface area contributed by atoms with Gasteiger partial charge in [0, 0.05) is 16.6 Å². The fraction of sp³-hybridized carbons (Fsp3) is 0.250. The number of hydrogen-bond donors (Lipinski definition) is 2. The Bertz CT molecular complexity index is 291. The van der Waals surface area contributed by atoms with E-state index in [1.807, 2.05) is 12.4 Å². The average molecular weight is 234 g/mol. The first-order valence-corrected chi connectivity index (χ1v) is 4.26. The monoisotopic (exact) mass is 233 g/mol. The van der Waals surface area contributed by atoms with Gasteiger partial charge in [0.25, 0.3) is 0 Å². The molecule has 0 aliphatic heterocycles. The van der Waals surface area contributed by atoms with Crippen molar-refractivity contribution in [2.75, 3.05) is 0 Å². The molecule has 66 valence electrons. The number of rotatable bonds is 2. The van der Waals surface area contributed by atoms with Gasteiger partial charge in [-0.05, 0) is 24.6 Å². The molecule has 0 aliphatic carbocycles. The third-order valence-corrected chi connectivity index (χ3v) is 2.45. The van der Waals surface area contributed by atoms with Gasteiger partial charge in [0.15, 0.2) is 0 Å². The highest BCUT2D eigenvalue weighted by molar-refractivity contribution is 9.10. The van der Waals surface area contributed by atoms with Crippen molar-refractivity contribution in [1.82, 2.24) is 5.48 Å². The summed E-state index contributed by atoms with van der Waals surface area (Å²) in [7, 11) is 0. The Hall–Kier alpha value is -0.450. The number of hydroxylamine groups is 1.